The van der Waals surface area contributed by atoms with Crippen molar-refractivity contribution in [2.24, 2.45) is 11.8 Å². The van der Waals surface area contributed by atoms with Gasteiger partial charge in [0, 0.05) is 29.1 Å². The topological polar surface area (TPSA) is 95.9 Å². The number of ether oxygens (including phenoxy) is 1. The highest BCUT2D eigenvalue weighted by atomic mass is 35.5. The van der Waals surface area contributed by atoms with Gasteiger partial charge in [-0.2, -0.15) is 0 Å². The van der Waals surface area contributed by atoms with Crippen molar-refractivity contribution in [2.75, 3.05) is 24.6 Å². The Morgan fingerprint density at radius 3 is 2.71 bits per heavy atom. The fourth-order valence-electron chi connectivity index (χ4n) is 7.79. The molecule has 7 rings (SSSR count). The number of fused-ring (bicyclic) bond motifs is 4. The lowest BCUT2D eigenvalue weighted by molar-refractivity contribution is 0.0456. The zero-order chi connectivity index (χ0) is 31.2. The number of halogens is 1. The van der Waals surface area contributed by atoms with Gasteiger partial charge in [0.05, 0.1) is 23.6 Å². The number of allylic oxidation sites excluding steroid dienone is 1. The lowest BCUT2D eigenvalue weighted by Crippen LogP contribution is -2.49. The van der Waals surface area contributed by atoms with Crippen molar-refractivity contribution in [1.29, 1.82) is 0 Å². The number of nitrogens with one attached hydrogen (secondary N) is 1. The first kappa shape index (κ1) is 30.3. The average molecular weight is 647 g/mol. The molecule has 3 aromatic rings. The van der Waals surface area contributed by atoms with E-state index >= 15 is 0 Å². The number of nitrogens with zero attached hydrogens (tertiary/aromatic N) is 1. The number of aryl methyl sites for hydroxylation is 1. The van der Waals surface area contributed by atoms with Gasteiger partial charge in [0.1, 0.15) is 5.75 Å². The number of anilines is 1. The summed E-state index contributed by atoms with van der Waals surface area (Å²) >= 11 is 6.40. The summed E-state index contributed by atoms with van der Waals surface area (Å²) in [5, 5.41) is 11.1. The van der Waals surface area contributed by atoms with E-state index in [1.54, 1.807) is 30.4 Å². The Labute approximate surface area is 270 Å². The molecule has 1 amide bonds. The van der Waals surface area contributed by atoms with Crippen molar-refractivity contribution in [2.45, 2.75) is 61.7 Å². The van der Waals surface area contributed by atoms with Crippen molar-refractivity contribution in [3.63, 3.8) is 0 Å². The molecular weight excluding hydrogens is 608 g/mol. The SMILES string of the molecule is O=C1NS(=O)(=O)[C@H](Cc2ccccc2)C/C=C/[C@H](O)[C@@H]2CCC2CN2C[C@@]3(CCCc4cc(Cl)ccc43)COc3ccc1cc32. The predicted octanol–water partition coefficient (Wildman–Crippen LogP) is 5.83. The normalized spacial score (nSPS) is 29.8. The van der Waals surface area contributed by atoms with E-state index in [0.717, 1.165) is 48.4 Å². The molecule has 0 radical (unpaired) electrons. The highest BCUT2D eigenvalue weighted by Crippen LogP contribution is 2.46. The first-order valence-electron chi connectivity index (χ1n) is 16.0. The number of carbonyl (C=O) groups excluding carboxylic acids is 1. The minimum atomic E-state index is -4.06. The first-order valence-corrected chi connectivity index (χ1v) is 17.9. The standard InChI is InChI=1S/C36H39ClN2O5S/c37-28-13-15-31-25(19-28)8-5-17-36(31)22-39-21-27-11-14-30(27)33(40)10-4-9-29(18-24-6-2-1-3-7-24)45(42,43)38-35(41)26-12-16-34(44-23-36)32(39)20-26/h1-4,6-7,10,12-13,15-16,19-20,27,29-30,33,40H,5,8-9,11,14,17-18,21-23H2,(H,38,41)/b10-4+/t27?,29-,30+,33-,36-/m0/s1. The lowest BCUT2D eigenvalue weighted by atomic mass is 9.68. The molecule has 4 aliphatic rings. The Bertz CT molecular complexity index is 1730. The van der Waals surface area contributed by atoms with Crippen LogP contribution in [0.5, 0.6) is 5.75 Å². The van der Waals surface area contributed by atoms with E-state index in [1.807, 2.05) is 36.4 Å². The monoisotopic (exact) mass is 646 g/mol. The fraction of sp³-hybridized carbons (Fsp3) is 0.417. The molecule has 45 heavy (non-hydrogen) atoms. The van der Waals surface area contributed by atoms with Crippen LogP contribution in [0, 0.1) is 11.8 Å². The zero-order valence-electron chi connectivity index (χ0n) is 25.2. The van der Waals surface area contributed by atoms with E-state index in [2.05, 4.69) is 21.8 Å². The highest BCUT2D eigenvalue weighted by molar-refractivity contribution is 7.90. The number of aliphatic hydroxyl groups is 1. The molecule has 2 N–H and O–H groups in total. The number of benzene rings is 3. The van der Waals surface area contributed by atoms with Gasteiger partial charge in [0.25, 0.3) is 5.91 Å². The maximum atomic E-state index is 13.7. The summed E-state index contributed by atoms with van der Waals surface area (Å²) in [6.07, 6.45) is 8.13. The molecular formula is C36H39ClN2O5S. The number of hydrogen-bond donors (Lipinski definition) is 2. The van der Waals surface area contributed by atoms with E-state index < -0.39 is 27.3 Å². The van der Waals surface area contributed by atoms with Crippen LogP contribution in [0.3, 0.4) is 0 Å². The second-order valence-corrected chi connectivity index (χ2v) is 15.6. The summed E-state index contributed by atoms with van der Waals surface area (Å²) in [4.78, 5) is 15.9. The van der Waals surface area contributed by atoms with Crippen molar-refractivity contribution in [1.82, 2.24) is 4.72 Å². The van der Waals surface area contributed by atoms with Crippen molar-refractivity contribution in [3.8, 4) is 5.75 Å². The van der Waals surface area contributed by atoms with Crippen molar-refractivity contribution < 1.29 is 23.1 Å². The number of carbonyl (C=O) groups is 1. The van der Waals surface area contributed by atoms with Crippen molar-refractivity contribution in [3.05, 3.63) is 106 Å². The number of rotatable bonds is 2. The minimum Gasteiger partial charge on any atom is -0.490 e. The summed E-state index contributed by atoms with van der Waals surface area (Å²) in [5.41, 5.74) is 4.15. The van der Waals surface area contributed by atoms with E-state index in [1.165, 1.54) is 11.1 Å². The summed E-state index contributed by atoms with van der Waals surface area (Å²) in [7, 11) is -4.06. The Morgan fingerprint density at radius 1 is 1.07 bits per heavy atom. The van der Waals surface area contributed by atoms with Crippen LogP contribution in [0.25, 0.3) is 0 Å². The van der Waals surface area contributed by atoms with Gasteiger partial charge in [-0.3, -0.25) is 4.79 Å². The molecule has 1 saturated carbocycles. The fourth-order valence-corrected chi connectivity index (χ4v) is 9.30. The molecule has 1 spiro atoms. The molecule has 5 atom stereocenters. The second-order valence-electron chi connectivity index (χ2n) is 13.2. The Morgan fingerprint density at radius 2 is 1.91 bits per heavy atom. The third-order valence-electron chi connectivity index (χ3n) is 10.4. The quantitative estimate of drug-likeness (QED) is 0.340. The maximum Gasteiger partial charge on any atom is 0.264 e. The van der Waals surface area contributed by atoms with Gasteiger partial charge in [0.15, 0.2) is 0 Å². The predicted molar refractivity (Wildman–Crippen MR) is 177 cm³/mol. The molecule has 1 fully saturated rings. The molecule has 9 heteroatoms. The molecule has 2 aliphatic heterocycles. The zero-order valence-corrected chi connectivity index (χ0v) is 26.8. The van der Waals surface area contributed by atoms with E-state index in [9.17, 15) is 18.3 Å². The van der Waals surface area contributed by atoms with E-state index in [-0.39, 0.29) is 35.7 Å². The highest BCUT2D eigenvalue weighted by Gasteiger charge is 2.44. The van der Waals surface area contributed by atoms with Crippen LogP contribution in [0.15, 0.2) is 78.9 Å². The van der Waals surface area contributed by atoms with Crippen LogP contribution >= 0.6 is 11.6 Å². The molecule has 3 aromatic carbocycles. The largest absolute Gasteiger partial charge is 0.490 e. The smallest absolute Gasteiger partial charge is 0.264 e. The summed E-state index contributed by atoms with van der Waals surface area (Å²) in [5.74, 6) is 0.328. The molecule has 2 aliphatic carbocycles. The summed E-state index contributed by atoms with van der Waals surface area (Å²) in [6, 6.07) is 20.8. The molecule has 2 bridgehead atoms. The van der Waals surface area contributed by atoms with Gasteiger partial charge >= 0.3 is 0 Å². The minimum absolute atomic E-state index is 0.0690. The molecule has 2 heterocycles. The van der Waals surface area contributed by atoms with Gasteiger partial charge in [-0.1, -0.05) is 60.2 Å². The van der Waals surface area contributed by atoms with Crippen LogP contribution in [-0.2, 0) is 28.3 Å². The summed E-state index contributed by atoms with van der Waals surface area (Å²) in [6.45, 7) is 1.88. The van der Waals surface area contributed by atoms with Gasteiger partial charge in [-0.25, -0.2) is 13.1 Å². The second kappa shape index (κ2) is 12.1. The van der Waals surface area contributed by atoms with Crippen LogP contribution in [0.1, 0.15) is 59.2 Å². The molecule has 7 nitrogen and oxygen atoms in total. The Kier molecular flexibility index (Phi) is 8.17. The van der Waals surface area contributed by atoms with Gasteiger partial charge in [0.2, 0.25) is 10.0 Å². The van der Waals surface area contributed by atoms with Crippen LogP contribution in [-0.4, -0.2) is 50.5 Å². The molecule has 1 unspecified atom stereocenters. The van der Waals surface area contributed by atoms with E-state index in [4.69, 9.17) is 16.3 Å². The molecule has 0 saturated heterocycles. The van der Waals surface area contributed by atoms with Crippen LogP contribution < -0.4 is 14.4 Å². The summed E-state index contributed by atoms with van der Waals surface area (Å²) < 4.78 is 36.3. The number of amides is 1. The lowest BCUT2D eigenvalue weighted by Gasteiger charge is -2.45. The number of aliphatic hydroxyl groups excluding tert-OH is 1. The first-order chi connectivity index (χ1) is 21.7. The third kappa shape index (κ3) is 6.00. The third-order valence-corrected chi connectivity index (χ3v) is 12.3. The van der Waals surface area contributed by atoms with Crippen LogP contribution in [0.4, 0.5) is 5.69 Å². The average Bonchev–Trinajstić information content (AvgIpc) is 3.15. The van der Waals surface area contributed by atoms with Crippen LogP contribution in [0.2, 0.25) is 5.02 Å². The number of sulfonamides is 1. The Balaban J connectivity index is 1.27. The molecule has 236 valence electrons. The van der Waals surface area contributed by atoms with Gasteiger partial charge < -0.3 is 14.7 Å². The van der Waals surface area contributed by atoms with Crippen molar-refractivity contribution >= 4 is 33.2 Å². The van der Waals surface area contributed by atoms with Gasteiger partial charge in [-0.05, 0) is 104 Å². The molecule has 0 aromatic heterocycles. The van der Waals surface area contributed by atoms with Gasteiger partial charge in [-0.15, -0.1) is 0 Å². The Hall–Kier alpha value is -3.33. The maximum absolute atomic E-state index is 13.7. The van der Waals surface area contributed by atoms with E-state index in [0.29, 0.717) is 25.4 Å². The number of hydrogen-bond acceptors (Lipinski definition) is 6.